The number of hydrogen-bond donors (Lipinski definition) is 1. The summed E-state index contributed by atoms with van der Waals surface area (Å²) in [7, 11) is 1.43. The first-order valence-electron chi connectivity index (χ1n) is 5.05. The molecule has 0 unspecified atom stereocenters. The highest BCUT2D eigenvalue weighted by atomic mass is 32.2. The van der Waals surface area contributed by atoms with E-state index in [9.17, 15) is 4.79 Å². The van der Waals surface area contributed by atoms with E-state index in [2.05, 4.69) is 16.3 Å². The molecule has 1 aliphatic rings. The average Bonchev–Trinajstić information content (AvgIpc) is 2.98. The second-order valence-corrected chi connectivity index (χ2v) is 5.02. The fourth-order valence-corrected chi connectivity index (χ4v) is 2.13. The normalized spacial score (nSPS) is 17.9. The third kappa shape index (κ3) is 3.88. The van der Waals surface area contributed by atoms with Crippen molar-refractivity contribution in [1.29, 1.82) is 0 Å². The monoisotopic (exact) mass is 217 g/mol. The van der Waals surface area contributed by atoms with E-state index in [4.69, 9.17) is 0 Å². The molecule has 0 radical (unpaired) electrons. The summed E-state index contributed by atoms with van der Waals surface area (Å²) in [6.07, 6.45) is 6.23. The lowest BCUT2D eigenvalue weighted by molar-refractivity contribution is -0.140. The van der Waals surface area contributed by atoms with E-state index in [-0.39, 0.29) is 5.97 Å². The molecule has 1 rings (SSSR count). The Labute approximate surface area is 90.0 Å². The number of nitrogens with one attached hydrogen (secondary N) is 1. The Morgan fingerprint density at radius 3 is 2.79 bits per heavy atom. The second kappa shape index (κ2) is 5.61. The standard InChI is InChI=1S/C10H19NO2S/c1-13-9(12)4-3-7-11-8-10(14-2)5-6-10/h11H,3-8H2,1-2H3. The van der Waals surface area contributed by atoms with Crippen LogP contribution in [0.2, 0.25) is 0 Å². The maximum Gasteiger partial charge on any atom is 0.305 e. The predicted octanol–water partition coefficient (Wildman–Crippen LogP) is 1.42. The number of rotatable bonds is 7. The largest absolute Gasteiger partial charge is 0.469 e. The van der Waals surface area contributed by atoms with Gasteiger partial charge in [-0.05, 0) is 32.1 Å². The first kappa shape index (κ1) is 11.9. The second-order valence-electron chi connectivity index (χ2n) is 3.74. The molecule has 1 aliphatic carbocycles. The van der Waals surface area contributed by atoms with Crippen LogP contribution in [0.3, 0.4) is 0 Å². The van der Waals surface area contributed by atoms with Gasteiger partial charge in [0.25, 0.3) is 0 Å². The zero-order valence-corrected chi connectivity index (χ0v) is 9.78. The first-order valence-corrected chi connectivity index (χ1v) is 6.27. The molecule has 0 aromatic carbocycles. The third-order valence-electron chi connectivity index (χ3n) is 2.65. The minimum atomic E-state index is -0.113. The summed E-state index contributed by atoms with van der Waals surface area (Å²) in [6.45, 7) is 1.99. The van der Waals surface area contributed by atoms with E-state index in [1.54, 1.807) is 0 Å². The Kier molecular flexibility index (Phi) is 4.75. The van der Waals surface area contributed by atoms with E-state index >= 15 is 0 Å². The Balaban J connectivity index is 1.92. The molecular formula is C10H19NO2S. The molecule has 0 aromatic heterocycles. The molecule has 0 aromatic rings. The molecule has 82 valence electrons. The van der Waals surface area contributed by atoms with Crippen LogP contribution in [0.25, 0.3) is 0 Å². The van der Waals surface area contributed by atoms with Crippen LogP contribution in [0.5, 0.6) is 0 Å². The molecule has 0 amide bonds. The van der Waals surface area contributed by atoms with Crippen LogP contribution < -0.4 is 5.32 Å². The third-order valence-corrected chi connectivity index (χ3v) is 4.07. The van der Waals surface area contributed by atoms with Crippen LogP contribution in [-0.2, 0) is 9.53 Å². The van der Waals surface area contributed by atoms with Gasteiger partial charge in [-0.3, -0.25) is 4.79 Å². The van der Waals surface area contributed by atoms with Gasteiger partial charge >= 0.3 is 5.97 Å². The van der Waals surface area contributed by atoms with Gasteiger partial charge in [-0.15, -0.1) is 0 Å². The number of hydrogen-bond acceptors (Lipinski definition) is 4. The maximum absolute atomic E-state index is 10.8. The van der Waals surface area contributed by atoms with Crippen molar-refractivity contribution in [3.05, 3.63) is 0 Å². The van der Waals surface area contributed by atoms with Gasteiger partial charge in [0.2, 0.25) is 0 Å². The van der Waals surface area contributed by atoms with Crippen molar-refractivity contribution in [3.8, 4) is 0 Å². The van der Waals surface area contributed by atoms with Crippen molar-refractivity contribution in [3.63, 3.8) is 0 Å². The highest BCUT2D eigenvalue weighted by Gasteiger charge is 2.41. The highest BCUT2D eigenvalue weighted by molar-refractivity contribution is 8.00. The van der Waals surface area contributed by atoms with E-state index in [0.29, 0.717) is 11.2 Å². The summed E-state index contributed by atoms with van der Waals surface area (Å²) >= 11 is 1.95. The molecule has 0 bridgehead atoms. The molecule has 1 N–H and O–H groups in total. The van der Waals surface area contributed by atoms with Gasteiger partial charge in [-0.1, -0.05) is 0 Å². The van der Waals surface area contributed by atoms with Gasteiger partial charge in [-0.25, -0.2) is 0 Å². The van der Waals surface area contributed by atoms with Crippen molar-refractivity contribution in [2.75, 3.05) is 26.5 Å². The summed E-state index contributed by atoms with van der Waals surface area (Å²) in [6, 6.07) is 0. The highest BCUT2D eigenvalue weighted by Crippen LogP contribution is 2.46. The van der Waals surface area contributed by atoms with Crippen molar-refractivity contribution in [2.45, 2.75) is 30.4 Å². The molecular weight excluding hydrogens is 198 g/mol. The molecule has 0 heterocycles. The lowest BCUT2D eigenvalue weighted by Crippen LogP contribution is -2.27. The minimum Gasteiger partial charge on any atom is -0.469 e. The SMILES string of the molecule is COC(=O)CCCNCC1(SC)CC1. The molecule has 0 spiro atoms. The zero-order chi connectivity index (χ0) is 10.4. The Hall–Kier alpha value is -0.220. The number of carbonyl (C=O) groups excluding carboxylic acids is 1. The lowest BCUT2D eigenvalue weighted by Gasteiger charge is -2.12. The number of methoxy groups -OCH3 is 1. The summed E-state index contributed by atoms with van der Waals surface area (Å²) in [5.74, 6) is -0.113. The first-order chi connectivity index (χ1) is 6.72. The van der Waals surface area contributed by atoms with Gasteiger partial charge < -0.3 is 10.1 Å². The molecule has 0 aliphatic heterocycles. The van der Waals surface area contributed by atoms with Gasteiger partial charge in [0.05, 0.1) is 7.11 Å². The Bertz CT molecular complexity index is 193. The number of ether oxygens (including phenoxy) is 1. The lowest BCUT2D eigenvalue weighted by atomic mass is 10.3. The van der Waals surface area contributed by atoms with Gasteiger partial charge in [0, 0.05) is 17.7 Å². The maximum atomic E-state index is 10.8. The average molecular weight is 217 g/mol. The predicted molar refractivity (Wildman–Crippen MR) is 59.6 cm³/mol. The van der Waals surface area contributed by atoms with Crippen molar-refractivity contribution >= 4 is 17.7 Å². The molecule has 0 saturated heterocycles. The van der Waals surface area contributed by atoms with Crippen LogP contribution >= 0.6 is 11.8 Å². The Morgan fingerprint density at radius 1 is 1.57 bits per heavy atom. The van der Waals surface area contributed by atoms with Crippen LogP contribution in [-0.4, -0.2) is 37.2 Å². The quantitative estimate of drug-likeness (QED) is 0.517. The smallest absolute Gasteiger partial charge is 0.305 e. The van der Waals surface area contributed by atoms with Crippen molar-refractivity contribution < 1.29 is 9.53 Å². The number of esters is 1. The Morgan fingerprint density at radius 2 is 2.29 bits per heavy atom. The van der Waals surface area contributed by atoms with E-state index < -0.39 is 0 Å². The van der Waals surface area contributed by atoms with E-state index in [1.165, 1.54) is 20.0 Å². The summed E-state index contributed by atoms with van der Waals surface area (Å²) in [4.78, 5) is 10.8. The fraction of sp³-hybridized carbons (Fsp3) is 0.900. The number of thioether (sulfide) groups is 1. The van der Waals surface area contributed by atoms with Gasteiger partial charge in [0.1, 0.15) is 0 Å². The summed E-state index contributed by atoms with van der Waals surface area (Å²) in [5.41, 5.74) is 0. The molecule has 1 saturated carbocycles. The number of carbonyl (C=O) groups is 1. The van der Waals surface area contributed by atoms with Crippen LogP contribution in [0.15, 0.2) is 0 Å². The van der Waals surface area contributed by atoms with Crippen molar-refractivity contribution in [1.82, 2.24) is 5.32 Å². The zero-order valence-electron chi connectivity index (χ0n) is 8.97. The van der Waals surface area contributed by atoms with Crippen LogP contribution in [0.4, 0.5) is 0 Å². The summed E-state index contributed by atoms with van der Waals surface area (Å²) < 4.78 is 5.08. The molecule has 1 fully saturated rings. The van der Waals surface area contributed by atoms with Crippen LogP contribution in [0.1, 0.15) is 25.7 Å². The minimum absolute atomic E-state index is 0.113. The topological polar surface area (TPSA) is 38.3 Å². The van der Waals surface area contributed by atoms with Crippen molar-refractivity contribution in [2.24, 2.45) is 0 Å². The molecule has 0 atom stereocenters. The van der Waals surface area contributed by atoms with Gasteiger partial charge in [-0.2, -0.15) is 11.8 Å². The molecule has 3 nitrogen and oxygen atoms in total. The van der Waals surface area contributed by atoms with Crippen LogP contribution in [0, 0.1) is 0 Å². The molecule has 14 heavy (non-hydrogen) atoms. The summed E-state index contributed by atoms with van der Waals surface area (Å²) in [5, 5.41) is 3.39. The molecule has 4 heteroatoms. The van der Waals surface area contributed by atoms with E-state index in [1.807, 2.05) is 11.8 Å². The fourth-order valence-electron chi connectivity index (χ4n) is 1.37. The van der Waals surface area contributed by atoms with E-state index in [0.717, 1.165) is 19.5 Å². The van der Waals surface area contributed by atoms with Gasteiger partial charge in [0.15, 0.2) is 0 Å².